The summed E-state index contributed by atoms with van der Waals surface area (Å²) in [6.45, 7) is 3.54. The maximum Gasteiger partial charge on any atom is 0.469 e. The Kier molecular flexibility index (Phi) is 35.9. The highest BCUT2D eigenvalue weighted by molar-refractivity contribution is 7.46. The minimum absolute atomic E-state index is 0.124. The molecule has 0 heterocycles. The molecule has 0 fully saturated rings. The van der Waals surface area contributed by atoms with Gasteiger partial charge in [0.1, 0.15) is 6.61 Å². The maximum atomic E-state index is 12.4. The summed E-state index contributed by atoms with van der Waals surface area (Å²) in [4.78, 5) is 42.7. The van der Waals surface area contributed by atoms with Crippen LogP contribution in [0.15, 0.2) is 85.1 Å². The first-order chi connectivity index (χ1) is 25.3. The summed E-state index contributed by atoms with van der Waals surface area (Å²) in [5, 5.41) is 0. The second kappa shape index (κ2) is 38.0. The van der Waals surface area contributed by atoms with Crippen molar-refractivity contribution in [2.45, 2.75) is 161 Å². The Morgan fingerprint density at radius 1 is 0.500 bits per heavy atom. The van der Waals surface area contributed by atoms with Crippen LogP contribution in [0.2, 0.25) is 0 Å². The third-order valence-electron chi connectivity index (χ3n) is 7.89. The Labute approximate surface area is 316 Å². The normalized spacial score (nSPS) is 13.4. The molecule has 0 bridgehead atoms. The minimum Gasteiger partial charge on any atom is -0.462 e. The number of carbonyl (C=O) groups is 2. The fourth-order valence-corrected chi connectivity index (χ4v) is 5.27. The predicted molar refractivity (Wildman–Crippen MR) is 216 cm³/mol. The summed E-state index contributed by atoms with van der Waals surface area (Å²) in [6.07, 6.45) is 50.3. The van der Waals surface area contributed by atoms with Gasteiger partial charge in [-0.05, 0) is 83.5 Å². The molecule has 0 amide bonds. The van der Waals surface area contributed by atoms with Crippen LogP contribution in [0.4, 0.5) is 0 Å². The fraction of sp³-hybridized carbons (Fsp3) is 0.628. The lowest BCUT2D eigenvalue weighted by atomic mass is 10.1. The minimum atomic E-state index is -4.78. The summed E-state index contributed by atoms with van der Waals surface area (Å²) in [6, 6.07) is 0. The van der Waals surface area contributed by atoms with Crippen molar-refractivity contribution in [1.82, 2.24) is 0 Å². The van der Waals surface area contributed by atoms with Crippen molar-refractivity contribution in [3.8, 4) is 0 Å². The molecule has 0 rings (SSSR count). The highest BCUT2D eigenvalue weighted by Crippen LogP contribution is 2.35. The van der Waals surface area contributed by atoms with Gasteiger partial charge in [0.25, 0.3) is 0 Å². The molecule has 0 aliphatic heterocycles. The largest absolute Gasteiger partial charge is 0.469 e. The van der Waals surface area contributed by atoms with Crippen LogP contribution in [0.3, 0.4) is 0 Å². The van der Waals surface area contributed by atoms with Crippen LogP contribution in [0.1, 0.15) is 155 Å². The van der Waals surface area contributed by atoms with E-state index in [0.29, 0.717) is 25.7 Å². The molecule has 0 unspecified atom stereocenters. The van der Waals surface area contributed by atoms with Crippen molar-refractivity contribution in [1.29, 1.82) is 0 Å². The third kappa shape index (κ3) is 40.0. The summed E-state index contributed by atoms with van der Waals surface area (Å²) in [7, 11) is -4.78. The number of rotatable bonds is 35. The number of hydrogen-bond donors (Lipinski definition) is 2. The van der Waals surface area contributed by atoms with E-state index in [0.717, 1.165) is 38.5 Å². The molecule has 0 aliphatic rings. The van der Waals surface area contributed by atoms with Crippen molar-refractivity contribution in [2.24, 2.45) is 0 Å². The lowest BCUT2D eigenvalue weighted by molar-refractivity contribution is -0.161. The monoisotopic (exact) mass is 746 g/mol. The van der Waals surface area contributed by atoms with Crippen molar-refractivity contribution < 1.29 is 37.9 Å². The molecule has 9 heteroatoms. The number of phosphoric acid groups is 1. The molecule has 0 aliphatic carbocycles. The van der Waals surface area contributed by atoms with Gasteiger partial charge in [0.15, 0.2) is 6.10 Å². The molecule has 8 nitrogen and oxygen atoms in total. The molecule has 0 saturated carbocycles. The van der Waals surface area contributed by atoms with Gasteiger partial charge in [-0.15, -0.1) is 0 Å². The lowest BCUT2D eigenvalue weighted by Gasteiger charge is -2.18. The van der Waals surface area contributed by atoms with Gasteiger partial charge < -0.3 is 19.3 Å². The lowest BCUT2D eigenvalue weighted by Crippen LogP contribution is -2.29. The molecule has 0 aromatic rings. The van der Waals surface area contributed by atoms with Gasteiger partial charge in [0.05, 0.1) is 6.61 Å². The summed E-state index contributed by atoms with van der Waals surface area (Å²) < 4.78 is 26.2. The molecule has 0 aromatic heterocycles. The van der Waals surface area contributed by atoms with E-state index in [4.69, 9.17) is 19.3 Å². The molecular formula is C43H71O8P. The molecule has 0 spiro atoms. The second-order valence-electron chi connectivity index (χ2n) is 12.9. The average Bonchev–Trinajstić information content (AvgIpc) is 3.11. The summed E-state index contributed by atoms with van der Waals surface area (Å²) >= 11 is 0. The van der Waals surface area contributed by atoms with E-state index in [1.165, 1.54) is 64.2 Å². The van der Waals surface area contributed by atoms with Crippen LogP contribution in [-0.2, 0) is 28.2 Å². The Balaban J connectivity index is 4.16. The van der Waals surface area contributed by atoms with Crippen LogP contribution < -0.4 is 0 Å². The van der Waals surface area contributed by atoms with E-state index in [1.807, 2.05) is 12.2 Å². The number of ether oxygens (including phenoxy) is 2. The SMILES string of the molecule is CCCCC/C=C/C/C=C/C/C=C/C/C=C/CCCC(=O)OC[C@H](COP(=O)(O)O)OC(=O)CCC/C=C/C/C=C/C/C=C/CCCCCCCC. The molecule has 2 N–H and O–H groups in total. The number of unbranched alkanes of at least 4 members (excludes halogenated alkanes) is 11. The predicted octanol–water partition coefficient (Wildman–Crippen LogP) is 12.1. The Bertz CT molecular complexity index is 1110. The summed E-state index contributed by atoms with van der Waals surface area (Å²) in [5.41, 5.74) is 0. The number of allylic oxidation sites excluding steroid dienone is 14. The Morgan fingerprint density at radius 2 is 0.865 bits per heavy atom. The molecule has 0 saturated heterocycles. The van der Waals surface area contributed by atoms with Gasteiger partial charge in [0.2, 0.25) is 0 Å². The quantitative estimate of drug-likeness (QED) is 0.0285. The van der Waals surface area contributed by atoms with E-state index in [9.17, 15) is 14.2 Å². The van der Waals surface area contributed by atoms with Crippen molar-refractivity contribution in [3.63, 3.8) is 0 Å². The van der Waals surface area contributed by atoms with Crippen molar-refractivity contribution in [2.75, 3.05) is 13.2 Å². The van der Waals surface area contributed by atoms with Crippen molar-refractivity contribution >= 4 is 19.8 Å². The van der Waals surface area contributed by atoms with Crippen LogP contribution in [0.25, 0.3) is 0 Å². The van der Waals surface area contributed by atoms with Gasteiger partial charge in [-0.1, -0.05) is 144 Å². The first-order valence-electron chi connectivity index (χ1n) is 19.9. The zero-order chi connectivity index (χ0) is 38.2. The summed E-state index contributed by atoms with van der Waals surface area (Å²) in [5.74, 6) is -1.02. The van der Waals surface area contributed by atoms with E-state index in [1.54, 1.807) is 0 Å². The molecule has 0 aromatic carbocycles. The molecule has 0 radical (unpaired) electrons. The van der Waals surface area contributed by atoms with Gasteiger partial charge >= 0.3 is 19.8 Å². The number of esters is 2. The topological polar surface area (TPSA) is 119 Å². The van der Waals surface area contributed by atoms with E-state index < -0.39 is 32.5 Å². The first kappa shape index (κ1) is 49.2. The third-order valence-corrected chi connectivity index (χ3v) is 8.37. The molecular weight excluding hydrogens is 675 g/mol. The number of hydrogen-bond acceptors (Lipinski definition) is 6. The van der Waals surface area contributed by atoms with Gasteiger partial charge in [-0.3, -0.25) is 14.1 Å². The van der Waals surface area contributed by atoms with E-state index >= 15 is 0 Å². The second-order valence-corrected chi connectivity index (χ2v) is 14.1. The highest BCUT2D eigenvalue weighted by atomic mass is 31.2. The fourth-order valence-electron chi connectivity index (χ4n) is 4.91. The number of carbonyl (C=O) groups excluding carboxylic acids is 2. The smallest absolute Gasteiger partial charge is 0.462 e. The van der Waals surface area contributed by atoms with E-state index in [-0.39, 0.29) is 19.4 Å². The van der Waals surface area contributed by atoms with Crippen LogP contribution in [-0.4, -0.2) is 41.0 Å². The first-order valence-corrected chi connectivity index (χ1v) is 21.4. The Morgan fingerprint density at radius 3 is 1.33 bits per heavy atom. The Hall–Kier alpha value is -2.77. The van der Waals surface area contributed by atoms with Crippen LogP contribution in [0, 0.1) is 0 Å². The highest BCUT2D eigenvalue weighted by Gasteiger charge is 2.22. The standard InChI is InChI=1S/C43H71O8P/c1-3-5-7-9-11-13-15-17-19-21-23-25-27-29-31-33-35-37-42(44)49-39-41(40-50-52(46,47)48)51-43(45)38-36-34-32-30-28-26-24-22-20-18-16-14-12-10-8-6-4-2/h11,13,17-20,23-26,29-32,41H,3-10,12,14-16,21-22,27-28,33-40H2,1-2H3,(H2,46,47,48)/b13-11+,19-17+,20-18+,25-23+,26-24+,31-29+,32-30+/t41-/m1/s1. The zero-order valence-electron chi connectivity index (χ0n) is 32.4. The van der Waals surface area contributed by atoms with Gasteiger partial charge in [-0.2, -0.15) is 0 Å². The molecule has 52 heavy (non-hydrogen) atoms. The van der Waals surface area contributed by atoms with Crippen molar-refractivity contribution in [3.05, 3.63) is 85.1 Å². The van der Waals surface area contributed by atoms with Gasteiger partial charge in [-0.25, -0.2) is 4.57 Å². The van der Waals surface area contributed by atoms with Crippen LogP contribution in [0.5, 0.6) is 0 Å². The molecule has 1 atom stereocenters. The average molecular weight is 747 g/mol. The zero-order valence-corrected chi connectivity index (χ0v) is 33.3. The van der Waals surface area contributed by atoms with Gasteiger partial charge in [0, 0.05) is 12.8 Å². The van der Waals surface area contributed by atoms with Crippen LogP contribution >= 0.6 is 7.82 Å². The number of phosphoric ester groups is 1. The molecule has 296 valence electrons. The van der Waals surface area contributed by atoms with E-state index in [2.05, 4.69) is 91.3 Å². The maximum absolute atomic E-state index is 12.4.